The summed E-state index contributed by atoms with van der Waals surface area (Å²) in [6.07, 6.45) is 0. The fraction of sp³-hybridized carbons (Fsp3) is 0.0909. The minimum absolute atomic E-state index is 0.115. The minimum Gasteiger partial charge on any atom is -0.497 e. The molecule has 158 valence electrons. The van der Waals surface area contributed by atoms with E-state index in [2.05, 4.69) is 15.4 Å². The van der Waals surface area contributed by atoms with Crippen molar-refractivity contribution in [1.29, 1.82) is 0 Å². The zero-order valence-corrected chi connectivity index (χ0v) is 18.1. The van der Waals surface area contributed by atoms with Gasteiger partial charge in [-0.1, -0.05) is 41.9 Å². The van der Waals surface area contributed by atoms with Gasteiger partial charge < -0.3 is 10.1 Å². The molecule has 1 aromatic heterocycles. The van der Waals surface area contributed by atoms with E-state index in [4.69, 9.17) is 16.3 Å². The van der Waals surface area contributed by atoms with Gasteiger partial charge in [-0.3, -0.25) is 0 Å². The number of nitrogens with zero attached hydrogens (tertiary/aromatic N) is 3. The van der Waals surface area contributed by atoms with Crippen molar-refractivity contribution in [1.82, 2.24) is 14.2 Å². The monoisotopic (exact) mass is 454 g/mol. The number of ether oxygens (including phenoxy) is 1. The summed E-state index contributed by atoms with van der Waals surface area (Å²) in [6.45, 7) is 0.349. The molecule has 4 rings (SSSR count). The number of hydrogen-bond acceptors (Lipinski definition) is 6. The number of anilines is 1. The van der Waals surface area contributed by atoms with Crippen LogP contribution >= 0.6 is 11.6 Å². The molecule has 0 aliphatic rings. The first kappa shape index (κ1) is 20.9. The van der Waals surface area contributed by atoms with Gasteiger partial charge in [0.2, 0.25) is 5.95 Å². The van der Waals surface area contributed by atoms with Crippen LogP contribution in [0.25, 0.3) is 11.4 Å². The molecule has 1 N–H and O–H groups in total. The lowest BCUT2D eigenvalue weighted by Gasteiger charge is -2.09. The molecule has 0 saturated heterocycles. The highest BCUT2D eigenvalue weighted by molar-refractivity contribution is 7.90. The van der Waals surface area contributed by atoms with Crippen LogP contribution in [0.4, 0.5) is 5.95 Å². The topological polar surface area (TPSA) is 86.1 Å². The van der Waals surface area contributed by atoms with Crippen LogP contribution in [0.1, 0.15) is 5.56 Å². The van der Waals surface area contributed by atoms with Gasteiger partial charge in [0.25, 0.3) is 10.0 Å². The van der Waals surface area contributed by atoms with Gasteiger partial charge in [-0.05, 0) is 54.1 Å². The number of halogens is 1. The van der Waals surface area contributed by atoms with Gasteiger partial charge in [-0.15, -0.1) is 9.19 Å². The molecule has 0 radical (unpaired) electrons. The molecule has 0 atom stereocenters. The molecule has 0 bridgehead atoms. The smallest absolute Gasteiger partial charge is 0.286 e. The maximum atomic E-state index is 13.2. The van der Waals surface area contributed by atoms with E-state index in [0.717, 1.165) is 9.65 Å². The van der Waals surface area contributed by atoms with Crippen LogP contribution in [0.15, 0.2) is 83.8 Å². The van der Waals surface area contributed by atoms with E-state index in [1.165, 1.54) is 12.1 Å². The van der Waals surface area contributed by atoms with Crippen LogP contribution < -0.4 is 10.1 Å². The summed E-state index contributed by atoms with van der Waals surface area (Å²) in [5, 5.41) is 8.01. The Morgan fingerprint density at radius 2 is 1.65 bits per heavy atom. The van der Waals surface area contributed by atoms with Gasteiger partial charge in [0.1, 0.15) is 5.75 Å². The number of benzene rings is 3. The van der Waals surface area contributed by atoms with Gasteiger partial charge in [0.15, 0.2) is 5.82 Å². The summed E-state index contributed by atoms with van der Waals surface area (Å²) in [6, 6.07) is 22.4. The first-order valence-electron chi connectivity index (χ1n) is 9.38. The summed E-state index contributed by atoms with van der Waals surface area (Å²) in [5.41, 5.74) is 1.58. The molecule has 9 heteroatoms. The first-order chi connectivity index (χ1) is 15.0. The third-order valence-electron chi connectivity index (χ3n) is 4.56. The molecule has 4 aromatic rings. The Hall–Kier alpha value is -3.36. The van der Waals surface area contributed by atoms with Crippen LogP contribution in [0, 0.1) is 0 Å². The fourth-order valence-corrected chi connectivity index (χ4v) is 4.26. The van der Waals surface area contributed by atoms with Crippen molar-refractivity contribution in [2.75, 3.05) is 12.4 Å². The van der Waals surface area contributed by atoms with E-state index in [1.54, 1.807) is 61.7 Å². The molecular weight excluding hydrogens is 436 g/mol. The Bertz CT molecular complexity index is 1270. The van der Waals surface area contributed by atoms with E-state index < -0.39 is 10.0 Å². The highest BCUT2D eigenvalue weighted by Crippen LogP contribution is 2.24. The minimum atomic E-state index is -3.95. The number of methoxy groups -OCH3 is 1. The number of aromatic nitrogens is 3. The van der Waals surface area contributed by atoms with Crippen molar-refractivity contribution in [3.63, 3.8) is 0 Å². The summed E-state index contributed by atoms with van der Waals surface area (Å²) in [7, 11) is -2.37. The van der Waals surface area contributed by atoms with Crippen molar-refractivity contribution >= 4 is 27.6 Å². The van der Waals surface area contributed by atoms with Crippen LogP contribution in [0.5, 0.6) is 5.75 Å². The molecular formula is C22H19ClN4O3S. The second-order valence-electron chi connectivity index (χ2n) is 6.63. The maximum Gasteiger partial charge on any atom is 0.286 e. The Balaban J connectivity index is 1.73. The summed E-state index contributed by atoms with van der Waals surface area (Å²) in [5.74, 6) is 1.08. The lowest BCUT2D eigenvalue weighted by molar-refractivity contribution is 0.415. The van der Waals surface area contributed by atoms with Crippen molar-refractivity contribution in [2.45, 2.75) is 11.4 Å². The summed E-state index contributed by atoms with van der Waals surface area (Å²) < 4.78 is 32.6. The number of hydrogen-bond donors (Lipinski definition) is 1. The average Bonchev–Trinajstić information content (AvgIpc) is 3.24. The van der Waals surface area contributed by atoms with Crippen molar-refractivity contribution in [3.8, 4) is 17.1 Å². The normalized spacial score (nSPS) is 11.3. The Morgan fingerprint density at radius 3 is 2.29 bits per heavy atom. The first-order valence-corrected chi connectivity index (χ1v) is 11.2. The number of nitrogens with one attached hydrogen (secondary N) is 1. The SMILES string of the molecule is COc1ccc(-c2nc(NCc3ccc(Cl)cc3)n(S(=O)(=O)c3ccccc3)n2)cc1. The standard InChI is InChI=1S/C22H19ClN4O3S/c1-30-19-13-9-17(10-14-19)21-25-22(24-15-16-7-11-18(23)12-8-16)27(26-21)31(28,29)20-5-3-2-4-6-20/h2-14H,15H2,1H3,(H,24,25,26). The fourth-order valence-electron chi connectivity index (χ4n) is 2.91. The number of rotatable bonds is 7. The molecule has 0 aliphatic carbocycles. The Labute approximate surface area is 185 Å². The van der Waals surface area contributed by atoms with E-state index in [-0.39, 0.29) is 16.7 Å². The second-order valence-corrected chi connectivity index (χ2v) is 8.83. The van der Waals surface area contributed by atoms with Crippen LogP contribution in [0.2, 0.25) is 5.02 Å². The van der Waals surface area contributed by atoms with Crippen LogP contribution in [0.3, 0.4) is 0 Å². The highest BCUT2D eigenvalue weighted by Gasteiger charge is 2.24. The van der Waals surface area contributed by atoms with Crippen molar-refractivity contribution in [3.05, 3.63) is 89.4 Å². The van der Waals surface area contributed by atoms with Crippen LogP contribution in [-0.4, -0.2) is 29.7 Å². The largest absolute Gasteiger partial charge is 0.497 e. The molecule has 3 aromatic carbocycles. The molecule has 7 nitrogen and oxygen atoms in total. The zero-order chi connectivity index (χ0) is 21.8. The van der Waals surface area contributed by atoms with Crippen molar-refractivity contribution in [2.24, 2.45) is 0 Å². The van der Waals surface area contributed by atoms with Gasteiger partial charge in [-0.25, -0.2) is 0 Å². The molecule has 0 aliphatic heterocycles. The molecule has 0 spiro atoms. The van der Waals surface area contributed by atoms with Gasteiger partial charge in [0, 0.05) is 17.1 Å². The molecule has 0 unspecified atom stereocenters. The van der Waals surface area contributed by atoms with E-state index >= 15 is 0 Å². The summed E-state index contributed by atoms with van der Waals surface area (Å²) in [4.78, 5) is 4.58. The van der Waals surface area contributed by atoms with Crippen molar-refractivity contribution < 1.29 is 13.2 Å². The Kier molecular flexibility index (Phi) is 5.92. The van der Waals surface area contributed by atoms with Crippen LogP contribution in [-0.2, 0) is 16.6 Å². The molecule has 0 saturated carbocycles. The second kappa shape index (κ2) is 8.79. The predicted molar refractivity (Wildman–Crippen MR) is 120 cm³/mol. The predicted octanol–water partition coefficient (Wildman–Crippen LogP) is 4.46. The average molecular weight is 455 g/mol. The van der Waals surface area contributed by atoms with E-state index in [9.17, 15) is 8.42 Å². The highest BCUT2D eigenvalue weighted by atomic mass is 35.5. The summed E-state index contributed by atoms with van der Waals surface area (Å²) >= 11 is 5.94. The molecule has 31 heavy (non-hydrogen) atoms. The van der Waals surface area contributed by atoms with E-state index in [0.29, 0.717) is 22.9 Å². The lowest BCUT2D eigenvalue weighted by Crippen LogP contribution is -2.18. The van der Waals surface area contributed by atoms with Gasteiger partial charge in [0.05, 0.1) is 12.0 Å². The molecule has 0 amide bonds. The lowest BCUT2D eigenvalue weighted by atomic mass is 10.2. The quantitative estimate of drug-likeness (QED) is 0.443. The van der Waals surface area contributed by atoms with Gasteiger partial charge >= 0.3 is 0 Å². The Morgan fingerprint density at radius 1 is 0.968 bits per heavy atom. The van der Waals surface area contributed by atoms with E-state index in [1.807, 2.05) is 12.1 Å². The molecule has 1 heterocycles. The zero-order valence-electron chi connectivity index (χ0n) is 16.6. The third kappa shape index (κ3) is 4.55. The van der Waals surface area contributed by atoms with Gasteiger partial charge in [-0.2, -0.15) is 13.4 Å². The molecule has 0 fully saturated rings. The maximum absolute atomic E-state index is 13.2. The third-order valence-corrected chi connectivity index (χ3v) is 6.39.